The third-order valence-electron chi connectivity index (χ3n) is 4.92. The van der Waals surface area contributed by atoms with E-state index >= 15 is 0 Å². The van der Waals surface area contributed by atoms with E-state index in [0.29, 0.717) is 23.2 Å². The van der Waals surface area contributed by atoms with Gasteiger partial charge in [-0.25, -0.2) is 4.98 Å². The van der Waals surface area contributed by atoms with E-state index in [1.807, 2.05) is 12.3 Å². The number of aromatic nitrogens is 3. The van der Waals surface area contributed by atoms with Gasteiger partial charge in [-0.2, -0.15) is 4.98 Å². The van der Waals surface area contributed by atoms with Crippen LogP contribution in [0.4, 0.5) is 6.01 Å². The highest BCUT2D eigenvalue weighted by atomic mass is 35.5. The second kappa shape index (κ2) is 8.00. The van der Waals surface area contributed by atoms with Crippen LogP contribution in [0.15, 0.2) is 35.0 Å². The molecule has 1 aliphatic rings. The van der Waals surface area contributed by atoms with Crippen LogP contribution in [0, 0.1) is 5.92 Å². The van der Waals surface area contributed by atoms with Gasteiger partial charge in [0.15, 0.2) is 5.58 Å². The summed E-state index contributed by atoms with van der Waals surface area (Å²) >= 11 is 6.00. The van der Waals surface area contributed by atoms with Crippen molar-refractivity contribution in [3.05, 3.63) is 41.4 Å². The minimum Gasteiger partial charge on any atom is -0.423 e. The number of piperidine rings is 1. The number of H-pyrrole nitrogens is 1. The number of aromatic amines is 1. The lowest BCUT2D eigenvalue weighted by atomic mass is 9.96. The molecule has 1 fully saturated rings. The number of carbonyl (C=O) groups is 1. The lowest BCUT2D eigenvalue weighted by Crippen LogP contribution is -2.41. The van der Waals surface area contributed by atoms with Crippen molar-refractivity contribution in [2.24, 2.45) is 5.92 Å². The minimum atomic E-state index is 0.0451. The topological polar surface area (TPSA) is 87.0 Å². The second-order valence-corrected chi connectivity index (χ2v) is 7.24. The first-order chi connectivity index (χ1) is 13.2. The summed E-state index contributed by atoms with van der Waals surface area (Å²) in [5.41, 5.74) is 1.49. The normalized spacial score (nSPS) is 15.4. The number of carbonyl (C=O) groups excluding carboxylic acids is 1. The Labute approximate surface area is 162 Å². The second-order valence-electron chi connectivity index (χ2n) is 6.80. The lowest BCUT2D eigenvalue weighted by Gasteiger charge is -2.30. The monoisotopic (exact) mass is 387 g/mol. The molecule has 1 amide bonds. The molecule has 7 nitrogen and oxygen atoms in total. The number of hydrogen-bond acceptors (Lipinski definition) is 5. The number of rotatable bonds is 6. The Balaban J connectivity index is 1.24. The summed E-state index contributed by atoms with van der Waals surface area (Å²) in [4.78, 5) is 26.2. The van der Waals surface area contributed by atoms with Gasteiger partial charge in [0.05, 0.1) is 0 Å². The highest BCUT2D eigenvalue weighted by molar-refractivity contribution is 6.31. The fraction of sp³-hybridized carbons (Fsp3) is 0.421. The summed E-state index contributed by atoms with van der Waals surface area (Å²) in [6, 6.07) is 6.03. The van der Waals surface area contributed by atoms with Crippen molar-refractivity contribution in [1.29, 1.82) is 0 Å². The summed E-state index contributed by atoms with van der Waals surface area (Å²) in [5.74, 6) is 1.14. The Hall–Kier alpha value is -2.54. The maximum absolute atomic E-state index is 12.4. The predicted octanol–water partition coefficient (Wildman–Crippen LogP) is 3.17. The van der Waals surface area contributed by atoms with Gasteiger partial charge in [-0.15, -0.1) is 0 Å². The van der Waals surface area contributed by atoms with Gasteiger partial charge in [0.1, 0.15) is 11.3 Å². The summed E-state index contributed by atoms with van der Waals surface area (Å²) in [6.07, 6.45) is 6.87. The molecule has 2 aromatic heterocycles. The van der Waals surface area contributed by atoms with Crippen LogP contribution in [0.25, 0.3) is 11.1 Å². The fourth-order valence-electron chi connectivity index (χ4n) is 3.40. The molecule has 0 bridgehead atoms. The number of halogens is 1. The molecule has 1 aromatic carbocycles. The Morgan fingerprint density at radius 1 is 1.37 bits per heavy atom. The molecule has 8 heteroatoms. The van der Waals surface area contributed by atoms with E-state index in [1.54, 1.807) is 18.3 Å². The van der Waals surface area contributed by atoms with Gasteiger partial charge in [0, 0.05) is 55.5 Å². The van der Waals surface area contributed by atoms with E-state index in [0.717, 1.165) is 50.1 Å². The van der Waals surface area contributed by atoms with Crippen LogP contribution in [0.1, 0.15) is 25.1 Å². The van der Waals surface area contributed by atoms with Crippen molar-refractivity contribution in [1.82, 2.24) is 20.3 Å². The van der Waals surface area contributed by atoms with Gasteiger partial charge in [-0.1, -0.05) is 11.6 Å². The molecule has 142 valence electrons. The molecule has 0 aliphatic carbocycles. The number of aryl methyl sites for hydroxylation is 1. The molecular formula is C19H22ClN5O2. The van der Waals surface area contributed by atoms with Crippen molar-refractivity contribution in [3.63, 3.8) is 0 Å². The molecular weight excluding hydrogens is 366 g/mol. The molecule has 1 saturated heterocycles. The molecule has 2 N–H and O–H groups in total. The summed E-state index contributed by atoms with van der Waals surface area (Å²) in [6.45, 7) is 2.18. The molecule has 27 heavy (non-hydrogen) atoms. The molecule has 3 aromatic rings. The van der Waals surface area contributed by atoms with E-state index in [4.69, 9.17) is 16.0 Å². The maximum Gasteiger partial charge on any atom is 0.298 e. The van der Waals surface area contributed by atoms with Gasteiger partial charge in [-0.3, -0.25) is 4.79 Å². The number of imidazole rings is 1. The molecule has 0 unspecified atom stereocenters. The Morgan fingerprint density at radius 3 is 3.00 bits per heavy atom. The van der Waals surface area contributed by atoms with Crippen LogP contribution in [-0.4, -0.2) is 40.5 Å². The zero-order chi connectivity index (χ0) is 18.6. The largest absolute Gasteiger partial charge is 0.423 e. The van der Waals surface area contributed by atoms with Crippen molar-refractivity contribution >= 4 is 34.6 Å². The SMILES string of the molecule is O=C(NCCCc1ncc[nH]1)C1CCN(c2nc3ccc(Cl)cc3o2)CC1. The van der Waals surface area contributed by atoms with E-state index in [9.17, 15) is 4.79 Å². The minimum absolute atomic E-state index is 0.0451. The zero-order valence-electron chi connectivity index (χ0n) is 14.9. The summed E-state index contributed by atoms with van der Waals surface area (Å²) in [5, 5.41) is 3.68. The zero-order valence-corrected chi connectivity index (χ0v) is 15.7. The van der Waals surface area contributed by atoms with Crippen molar-refractivity contribution in [2.75, 3.05) is 24.5 Å². The van der Waals surface area contributed by atoms with Gasteiger partial charge in [0.25, 0.3) is 6.01 Å². The van der Waals surface area contributed by atoms with E-state index in [1.165, 1.54) is 0 Å². The van der Waals surface area contributed by atoms with Crippen LogP contribution in [-0.2, 0) is 11.2 Å². The Bertz CT molecular complexity index is 900. The predicted molar refractivity (Wildman–Crippen MR) is 104 cm³/mol. The van der Waals surface area contributed by atoms with Gasteiger partial charge in [0.2, 0.25) is 5.91 Å². The standard InChI is InChI=1S/C19H22ClN5O2/c20-14-3-4-15-16(12-14)27-19(24-15)25-10-5-13(6-11-25)18(26)23-7-1-2-17-21-8-9-22-17/h3-4,8-9,12-13H,1-2,5-7,10-11H2,(H,21,22)(H,23,26). The van der Waals surface area contributed by atoms with Gasteiger partial charge in [-0.05, 0) is 31.4 Å². The number of benzene rings is 1. The fourth-order valence-corrected chi connectivity index (χ4v) is 3.56. The number of nitrogens with zero attached hydrogens (tertiary/aromatic N) is 3. The molecule has 0 spiro atoms. The molecule has 0 radical (unpaired) electrons. The highest BCUT2D eigenvalue weighted by Crippen LogP contribution is 2.28. The number of oxazole rings is 1. The third kappa shape index (κ3) is 4.24. The first-order valence-corrected chi connectivity index (χ1v) is 9.64. The van der Waals surface area contributed by atoms with Crippen LogP contribution >= 0.6 is 11.6 Å². The average Bonchev–Trinajstić information content (AvgIpc) is 3.34. The van der Waals surface area contributed by atoms with E-state index in [2.05, 4.69) is 25.2 Å². The molecule has 0 saturated carbocycles. The first kappa shape index (κ1) is 17.9. The van der Waals surface area contributed by atoms with Crippen molar-refractivity contribution < 1.29 is 9.21 Å². The number of nitrogens with one attached hydrogen (secondary N) is 2. The highest BCUT2D eigenvalue weighted by Gasteiger charge is 2.27. The van der Waals surface area contributed by atoms with Crippen LogP contribution in [0.3, 0.4) is 0 Å². The van der Waals surface area contributed by atoms with Crippen LogP contribution < -0.4 is 10.2 Å². The summed E-state index contributed by atoms with van der Waals surface area (Å²) in [7, 11) is 0. The number of hydrogen-bond donors (Lipinski definition) is 2. The molecule has 0 atom stereocenters. The van der Waals surface area contributed by atoms with Gasteiger partial charge < -0.3 is 19.6 Å². The first-order valence-electron chi connectivity index (χ1n) is 9.26. The van der Waals surface area contributed by atoms with E-state index in [-0.39, 0.29) is 11.8 Å². The number of anilines is 1. The smallest absolute Gasteiger partial charge is 0.298 e. The van der Waals surface area contributed by atoms with Crippen molar-refractivity contribution in [2.45, 2.75) is 25.7 Å². The third-order valence-corrected chi connectivity index (χ3v) is 5.16. The maximum atomic E-state index is 12.4. The molecule has 4 rings (SSSR count). The summed E-state index contributed by atoms with van der Waals surface area (Å²) < 4.78 is 5.82. The number of fused-ring (bicyclic) bond motifs is 1. The average molecular weight is 388 g/mol. The van der Waals surface area contributed by atoms with Crippen molar-refractivity contribution in [3.8, 4) is 0 Å². The molecule has 1 aliphatic heterocycles. The van der Waals surface area contributed by atoms with Crippen LogP contribution in [0.2, 0.25) is 5.02 Å². The van der Waals surface area contributed by atoms with Gasteiger partial charge >= 0.3 is 0 Å². The van der Waals surface area contributed by atoms with Crippen LogP contribution in [0.5, 0.6) is 0 Å². The number of amides is 1. The Kier molecular flexibility index (Phi) is 5.29. The molecule has 3 heterocycles. The quantitative estimate of drug-likeness (QED) is 0.634. The Morgan fingerprint density at radius 2 is 2.22 bits per heavy atom. The lowest BCUT2D eigenvalue weighted by molar-refractivity contribution is -0.125. The van der Waals surface area contributed by atoms with E-state index < -0.39 is 0 Å².